The van der Waals surface area contributed by atoms with Crippen molar-refractivity contribution in [2.24, 2.45) is 0 Å². The Morgan fingerprint density at radius 3 is 1.82 bits per heavy atom. The smallest absolute Gasteiger partial charge is 0.0762 e. The molecule has 0 aromatic carbocycles. The Kier molecular flexibility index (Phi) is 7.65. The molecule has 0 saturated carbocycles. The summed E-state index contributed by atoms with van der Waals surface area (Å²) in [4.78, 5) is 8.89. The highest BCUT2D eigenvalue weighted by Crippen LogP contribution is 2.45. The van der Waals surface area contributed by atoms with E-state index in [1.807, 2.05) is 6.08 Å². The molecule has 0 atom stereocenters. The zero-order chi connectivity index (χ0) is 9.49. The number of hydrogen-bond donors (Lipinski definition) is 0. The molecule has 0 saturated heterocycles. The molecule has 0 amide bonds. The van der Waals surface area contributed by atoms with Crippen LogP contribution in [-0.4, -0.2) is 32.1 Å². The Labute approximate surface area is 69.7 Å². The van der Waals surface area contributed by atoms with Gasteiger partial charge in [-0.25, -0.2) is 0 Å². The summed E-state index contributed by atoms with van der Waals surface area (Å²) in [5, 5.41) is 8.89. The third kappa shape index (κ3) is 42.5. The third-order valence-corrected chi connectivity index (χ3v) is 2.03. The summed E-state index contributed by atoms with van der Waals surface area (Å²) >= 11 is 0. The Morgan fingerprint density at radius 1 is 1.55 bits per heavy atom. The summed E-state index contributed by atoms with van der Waals surface area (Å²) < 4.78 is 0. The fourth-order valence-corrected chi connectivity index (χ4v) is 1.16. The van der Waals surface area contributed by atoms with E-state index in [4.69, 9.17) is 9.90 Å². The molecule has 0 N–H and O–H groups in total. The van der Waals surface area contributed by atoms with Gasteiger partial charge in [-0.1, -0.05) is 12.7 Å². The van der Waals surface area contributed by atoms with Crippen molar-refractivity contribution in [3.05, 3.63) is 12.7 Å². The molecule has 0 aliphatic rings. The first-order valence-corrected chi connectivity index (χ1v) is 6.70. The number of carboxylic acids is 1. The van der Waals surface area contributed by atoms with Crippen molar-refractivity contribution in [1.29, 1.82) is 0 Å². The normalized spacial score (nSPS) is 9.45. The number of allylic oxidation sites excluding steroid dienone is 1. The maximum absolute atomic E-state index is 8.89. The highest BCUT2D eigenvalue weighted by Gasteiger charge is 2.12. The summed E-state index contributed by atoms with van der Waals surface area (Å²) in [6, 6.07) is 0. The second-order valence-corrected chi connectivity index (χ2v) is 8.20. The molecule has 0 rings (SSSR count). The van der Waals surface area contributed by atoms with Gasteiger partial charge in [0.15, 0.2) is 0 Å². The molecule has 0 aromatic rings. The summed E-state index contributed by atoms with van der Waals surface area (Å²) in [5.41, 5.74) is 0. The van der Waals surface area contributed by atoms with Crippen LogP contribution in [0.1, 0.15) is 6.92 Å². The molecular formula is C8H17O2P. The van der Waals surface area contributed by atoms with E-state index in [9.17, 15) is 0 Å². The second kappa shape index (κ2) is 6.36. The van der Waals surface area contributed by atoms with Crippen LogP contribution in [0.3, 0.4) is 0 Å². The van der Waals surface area contributed by atoms with Crippen LogP contribution in [0, 0.1) is 0 Å². The number of carbonyl (C=O) groups excluding carboxylic acids is 1. The fraction of sp³-hybridized carbons (Fsp3) is 0.625. The standard InChI is InChI=1S/C6H14P.C2H4O2/c1-5-6-7(2,3)4;1-2(3)4/h5H,1,6H2,2-4H3;1H3,(H,3,4)/q+1;/p-1. The lowest BCUT2D eigenvalue weighted by molar-refractivity contribution is -0.302. The van der Waals surface area contributed by atoms with E-state index < -0.39 is 13.2 Å². The summed E-state index contributed by atoms with van der Waals surface area (Å²) in [6.45, 7) is 11.6. The molecule has 0 radical (unpaired) electrons. The second-order valence-electron chi connectivity index (χ2n) is 3.25. The van der Waals surface area contributed by atoms with Crippen molar-refractivity contribution >= 4 is 13.2 Å². The molecular weight excluding hydrogens is 159 g/mol. The first-order valence-electron chi connectivity index (χ1n) is 3.38. The third-order valence-electron chi connectivity index (χ3n) is 0.677. The number of carboxylic acid groups (broad SMARTS) is 1. The van der Waals surface area contributed by atoms with Gasteiger partial charge in [0, 0.05) is 33.2 Å². The molecule has 0 heterocycles. The summed E-state index contributed by atoms with van der Waals surface area (Å²) in [6.07, 6.45) is 3.22. The highest BCUT2D eigenvalue weighted by atomic mass is 31.2. The lowest BCUT2D eigenvalue weighted by Crippen LogP contribution is -2.16. The molecule has 0 aliphatic carbocycles. The van der Waals surface area contributed by atoms with Crippen molar-refractivity contribution in [2.45, 2.75) is 6.92 Å². The van der Waals surface area contributed by atoms with E-state index in [1.165, 1.54) is 6.16 Å². The number of aliphatic carboxylic acids is 1. The van der Waals surface area contributed by atoms with Gasteiger partial charge in [-0.2, -0.15) is 0 Å². The Morgan fingerprint density at radius 2 is 1.82 bits per heavy atom. The SMILES string of the molecule is C=CC[P+](C)(C)C.CC(=O)[O-]. The van der Waals surface area contributed by atoms with Crippen LogP contribution in [0.25, 0.3) is 0 Å². The lowest BCUT2D eigenvalue weighted by atomic mass is 10.8. The van der Waals surface area contributed by atoms with Crippen molar-refractivity contribution in [3.8, 4) is 0 Å². The lowest BCUT2D eigenvalue weighted by Gasteiger charge is -2.06. The van der Waals surface area contributed by atoms with Gasteiger partial charge in [0.25, 0.3) is 0 Å². The summed E-state index contributed by atoms with van der Waals surface area (Å²) in [5.74, 6) is -1.08. The molecule has 3 heteroatoms. The van der Waals surface area contributed by atoms with Crippen LogP contribution < -0.4 is 5.11 Å². The van der Waals surface area contributed by atoms with Gasteiger partial charge in [0.1, 0.15) is 0 Å². The van der Waals surface area contributed by atoms with Crippen LogP contribution in [0.4, 0.5) is 0 Å². The monoisotopic (exact) mass is 176 g/mol. The fourth-order valence-electron chi connectivity index (χ4n) is 0.387. The molecule has 0 unspecified atom stereocenters. The van der Waals surface area contributed by atoms with Gasteiger partial charge in [-0.05, 0) is 6.92 Å². The van der Waals surface area contributed by atoms with Gasteiger partial charge < -0.3 is 9.90 Å². The van der Waals surface area contributed by atoms with E-state index in [0.29, 0.717) is 0 Å². The van der Waals surface area contributed by atoms with Gasteiger partial charge >= 0.3 is 0 Å². The van der Waals surface area contributed by atoms with E-state index in [0.717, 1.165) is 6.92 Å². The highest BCUT2D eigenvalue weighted by molar-refractivity contribution is 7.73. The zero-order valence-corrected chi connectivity index (χ0v) is 8.65. The van der Waals surface area contributed by atoms with Crippen molar-refractivity contribution < 1.29 is 9.90 Å². The first kappa shape index (κ1) is 13.2. The van der Waals surface area contributed by atoms with Crippen molar-refractivity contribution in [1.82, 2.24) is 0 Å². The maximum atomic E-state index is 8.89. The van der Waals surface area contributed by atoms with Crippen LogP contribution in [0.2, 0.25) is 0 Å². The topological polar surface area (TPSA) is 40.1 Å². The van der Waals surface area contributed by atoms with Gasteiger partial charge in [0.2, 0.25) is 0 Å². The molecule has 11 heavy (non-hydrogen) atoms. The summed E-state index contributed by atoms with van der Waals surface area (Å²) in [7, 11) is -0.534. The number of hydrogen-bond acceptors (Lipinski definition) is 2. The quantitative estimate of drug-likeness (QED) is 0.462. The molecule has 0 bridgehead atoms. The van der Waals surface area contributed by atoms with Crippen molar-refractivity contribution in [2.75, 3.05) is 26.2 Å². The van der Waals surface area contributed by atoms with Gasteiger partial charge in [-0.3, -0.25) is 0 Å². The minimum Gasteiger partial charge on any atom is -0.550 e. The Balaban J connectivity index is 0. The number of carbonyl (C=O) groups is 1. The zero-order valence-electron chi connectivity index (χ0n) is 7.76. The van der Waals surface area contributed by atoms with Crippen LogP contribution >= 0.6 is 7.26 Å². The Bertz CT molecular complexity index is 121. The minimum atomic E-state index is -1.08. The molecule has 0 aromatic heterocycles. The molecule has 0 aliphatic heterocycles. The van der Waals surface area contributed by atoms with Gasteiger partial charge in [0.05, 0.1) is 6.16 Å². The van der Waals surface area contributed by atoms with E-state index in [-0.39, 0.29) is 0 Å². The van der Waals surface area contributed by atoms with Gasteiger partial charge in [-0.15, -0.1) is 0 Å². The largest absolute Gasteiger partial charge is 0.550 e. The molecule has 66 valence electrons. The van der Waals surface area contributed by atoms with Crippen LogP contribution in [0.15, 0.2) is 12.7 Å². The maximum Gasteiger partial charge on any atom is 0.0762 e. The number of rotatable bonds is 2. The molecule has 0 spiro atoms. The van der Waals surface area contributed by atoms with E-state index >= 15 is 0 Å². The Hall–Kier alpha value is -0.360. The average Bonchev–Trinajstić information content (AvgIpc) is 1.58. The average molecular weight is 176 g/mol. The van der Waals surface area contributed by atoms with Crippen LogP contribution in [0.5, 0.6) is 0 Å². The molecule has 0 fully saturated rings. The molecule has 2 nitrogen and oxygen atoms in total. The van der Waals surface area contributed by atoms with E-state index in [2.05, 4.69) is 26.6 Å². The van der Waals surface area contributed by atoms with E-state index in [1.54, 1.807) is 0 Å². The minimum absolute atomic E-state index is 0.534. The predicted octanol–water partition coefficient (Wildman–Crippen LogP) is 0.836. The first-order chi connectivity index (χ1) is 4.79. The predicted molar refractivity (Wildman–Crippen MR) is 50.4 cm³/mol. The van der Waals surface area contributed by atoms with Crippen molar-refractivity contribution in [3.63, 3.8) is 0 Å². The van der Waals surface area contributed by atoms with Crippen LogP contribution in [-0.2, 0) is 4.79 Å².